The topological polar surface area (TPSA) is 98.5 Å². The summed E-state index contributed by atoms with van der Waals surface area (Å²) in [4.78, 5) is 40.5. The lowest BCUT2D eigenvalue weighted by Gasteiger charge is -2.03. The Morgan fingerprint density at radius 2 is 1.86 bits per heavy atom. The molecule has 8 heteroatoms. The zero-order valence-corrected chi connectivity index (χ0v) is 16.0. The van der Waals surface area contributed by atoms with Crippen LogP contribution in [0.4, 0.5) is 5.13 Å². The van der Waals surface area contributed by atoms with E-state index < -0.39 is 11.9 Å². The van der Waals surface area contributed by atoms with Crippen molar-refractivity contribution in [1.29, 1.82) is 0 Å². The quantitative estimate of drug-likeness (QED) is 0.515. The second kappa shape index (κ2) is 7.69. The van der Waals surface area contributed by atoms with E-state index >= 15 is 0 Å². The van der Waals surface area contributed by atoms with E-state index in [1.165, 1.54) is 18.4 Å². The number of rotatable bonds is 4. The van der Waals surface area contributed by atoms with Crippen molar-refractivity contribution in [3.05, 3.63) is 81.5 Å². The van der Waals surface area contributed by atoms with Gasteiger partial charge in [0.25, 0.3) is 5.91 Å². The molecule has 29 heavy (non-hydrogen) atoms. The molecule has 2 aromatic carbocycles. The first kappa shape index (κ1) is 18.6. The highest BCUT2D eigenvalue weighted by Gasteiger charge is 2.15. The third kappa shape index (κ3) is 3.78. The molecule has 0 bridgehead atoms. The van der Waals surface area contributed by atoms with Gasteiger partial charge >= 0.3 is 5.97 Å². The molecule has 2 aromatic heterocycles. The van der Waals surface area contributed by atoms with Crippen LogP contribution in [0.5, 0.6) is 0 Å². The zero-order chi connectivity index (χ0) is 20.4. The van der Waals surface area contributed by atoms with Gasteiger partial charge in [-0.15, -0.1) is 11.3 Å². The number of aromatic nitrogens is 1. The second-order valence-electron chi connectivity index (χ2n) is 6.03. The average molecular weight is 406 g/mol. The monoisotopic (exact) mass is 406 g/mol. The van der Waals surface area contributed by atoms with Gasteiger partial charge < -0.3 is 9.15 Å². The Balaban J connectivity index is 1.54. The lowest BCUT2D eigenvalue weighted by Crippen LogP contribution is -2.14. The molecule has 0 fully saturated rings. The van der Waals surface area contributed by atoms with E-state index in [9.17, 15) is 14.4 Å². The minimum Gasteiger partial charge on any atom is -0.465 e. The third-order valence-electron chi connectivity index (χ3n) is 4.18. The number of thiazole rings is 1. The van der Waals surface area contributed by atoms with Crippen molar-refractivity contribution < 1.29 is 18.7 Å². The van der Waals surface area contributed by atoms with Crippen molar-refractivity contribution in [2.75, 3.05) is 12.4 Å². The van der Waals surface area contributed by atoms with Gasteiger partial charge in [0.1, 0.15) is 5.58 Å². The van der Waals surface area contributed by atoms with Crippen LogP contribution >= 0.6 is 11.3 Å². The molecule has 0 saturated heterocycles. The lowest BCUT2D eigenvalue weighted by atomic mass is 10.1. The molecule has 0 saturated carbocycles. The number of fused-ring (bicyclic) bond motifs is 1. The lowest BCUT2D eigenvalue weighted by molar-refractivity contribution is 0.0600. The van der Waals surface area contributed by atoms with Crippen LogP contribution < -0.4 is 10.7 Å². The van der Waals surface area contributed by atoms with Crippen molar-refractivity contribution in [2.45, 2.75) is 0 Å². The molecule has 1 N–H and O–H groups in total. The Bertz CT molecular complexity index is 1270. The zero-order valence-electron chi connectivity index (χ0n) is 15.2. The second-order valence-corrected chi connectivity index (χ2v) is 6.89. The largest absolute Gasteiger partial charge is 0.465 e. The van der Waals surface area contributed by atoms with Crippen LogP contribution in [0.2, 0.25) is 0 Å². The molecule has 0 aliphatic carbocycles. The van der Waals surface area contributed by atoms with E-state index in [0.29, 0.717) is 27.4 Å². The number of anilines is 1. The average Bonchev–Trinajstić information content (AvgIpc) is 3.21. The van der Waals surface area contributed by atoms with Gasteiger partial charge in [0.15, 0.2) is 16.3 Å². The fraction of sp³-hybridized carbons (Fsp3) is 0.0476. The SMILES string of the molecule is COC(=O)c1ccc(-c2csc(NC(=O)c3cc(=O)c4ccccc4o3)n2)cc1. The molecule has 4 aromatic rings. The number of para-hydroxylation sites is 1. The summed E-state index contributed by atoms with van der Waals surface area (Å²) in [6, 6.07) is 14.7. The van der Waals surface area contributed by atoms with Crippen molar-refractivity contribution in [3.8, 4) is 11.3 Å². The molecule has 7 nitrogen and oxygen atoms in total. The van der Waals surface area contributed by atoms with Crippen molar-refractivity contribution in [1.82, 2.24) is 4.98 Å². The molecule has 1 amide bonds. The third-order valence-corrected chi connectivity index (χ3v) is 4.94. The van der Waals surface area contributed by atoms with Crippen LogP contribution in [-0.4, -0.2) is 24.0 Å². The number of nitrogens with one attached hydrogen (secondary N) is 1. The smallest absolute Gasteiger partial charge is 0.337 e. The number of esters is 1. The van der Waals surface area contributed by atoms with E-state index in [1.807, 2.05) is 0 Å². The number of methoxy groups -OCH3 is 1. The highest BCUT2D eigenvalue weighted by molar-refractivity contribution is 7.14. The Morgan fingerprint density at radius 3 is 2.62 bits per heavy atom. The maximum Gasteiger partial charge on any atom is 0.337 e. The molecule has 2 heterocycles. The van der Waals surface area contributed by atoms with Crippen LogP contribution in [0.1, 0.15) is 20.9 Å². The predicted molar refractivity (Wildman–Crippen MR) is 109 cm³/mol. The Labute approximate surface area is 168 Å². The van der Waals surface area contributed by atoms with Crippen LogP contribution in [0.3, 0.4) is 0 Å². The molecule has 0 unspecified atom stereocenters. The highest BCUT2D eigenvalue weighted by atomic mass is 32.1. The number of hydrogen-bond acceptors (Lipinski definition) is 7. The van der Waals surface area contributed by atoms with E-state index in [4.69, 9.17) is 4.42 Å². The summed E-state index contributed by atoms with van der Waals surface area (Å²) in [6.45, 7) is 0. The first-order chi connectivity index (χ1) is 14.0. The van der Waals surface area contributed by atoms with Crippen LogP contribution in [0.15, 0.2) is 69.2 Å². The number of hydrogen-bond donors (Lipinski definition) is 1. The van der Waals surface area contributed by atoms with E-state index in [-0.39, 0.29) is 11.2 Å². The maximum atomic E-state index is 12.5. The fourth-order valence-electron chi connectivity index (χ4n) is 2.73. The number of carbonyl (C=O) groups is 2. The summed E-state index contributed by atoms with van der Waals surface area (Å²) in [7, 11) is 1.32. The summed E-state index contributed by atoms with van der Waals surface area (Å²) in [6.07, 6.45) is 0. The van der Waals surface area contributed by atoms with Gasteiger partial charge in [0.05, 0.1) is 23.8 Å². The summed E-state index contributed by atoms with van der Waals surface area (Å²) in [5.74, 6) is -1.07. The van der Waals surface area contributed by atoms with Crippen LogP contribution in [-0.2, 0) is 4.74 Å². The number of carbonyl (C=O) groups excluding carboxylic acids is 2. The van der Waals surface area contributed by atoms with Gasteiger partial charge in [-0.05, 0) is 24.3 Å². The van der Waals surface area contributed by atoms with Gasteiger partial charge in [-0.2, -0.15) is 0 Å². The van der Waals surface area contributed by atoms with Gasteiger partial charge in [-0.25, -0.2) is 9.78 Å². The minimum absolute atomic E-state index is 0.0899. The maximum absolute atomic E-state index is 12.5. The predicted octanol–water partition coefficient (Wildman–Crippen LogP) is 3.96. The Kier molecular flexibility index (Phi) is 4.92. The molecule has 0 aliphatic heterocycles. The van der Waals surface area contributed by atoms with Crippen LogP contribution in [0.25, 0.3) is 22.2 Å². The van der Waals surface area contributed by atoms with Crippen LogP contribution in [0, 0.1) is 0 Å². The van der Waals surface area contributed by atoms with E-state index in [0.717, 1.165) is 11.6 Å². The van der Waals surface area contributed by atoms with Crippen molar-refractivity contribution in [2.24, 2.45) is 0 Å². The molecule has 0 spiro atoms. The first-order valence-electron chi connectivity index (χ1n) is 8.53. The summed E-state index contributed by atoms with van der Waals surface area (Å²) >= 11 is 1.24. The van der Waals surface area contributed by atoms with Gasteiger partial charge in [0.2, 0.25) is 0 Å². The number of nitrogens with zero attached hydrogens (tertiary/aromatic N) is 1. The van der Waals surface area contributed by atoms with Gasteiger partial charge in [-0.1, -0.05) is 24.3 Å². The number of ether oxygens (including phenoxy) is 1. The highest BCUT2D eigenvalue weighted by Crippen LogP contribution is 2.26. The Hall–Kier alpha value is -3.78. The van der Waals surface area contributed by atoms with Crippen molar-refractivity contribution >= 4 is 39.3 Å². The Morgan fingerprint density at radius 1 is 1.10 bits per heavy atom. The van der Waals surface area contributed by atoms with Crippen molar-refractivity contribution in [3.63, 3.8) is 0 Å². The van der Waals surface area contributed by atoms with Gasteiger partial charge in [-0.3, -0.25) is 14.9 Å². The molecule has 0 aliphatic rings. The normalized spacial score (nSPS) is 10.7. The molecular formula is C21H14N2O5S. The summed E-state index contributed by atoms with van der Waals surface area (Å²) in [5.41, 5.74) is 1.91. The number of amides is 1. The minimum atomic E-state index is -0.560. The molecule has 144 valence electrons. The van der Waals surface area contributed by atoms with E-state index in [2.05, 4.69) is 15.0 Å². The molecule has 0 radical (unpaired) electrons. The standard InChI is InChI=1S/C21H14N2O5S/c1-27-20(26)13-8-6-12(7-9-13)15-11-29-21(22-15)23-19(25)18-10-16(24)14-4-2-3-5-17(14)28-18/h2-11H,1H3,(H,22,23,25). The first-order valence-corrected chi connectivity index (χ1v) is 9.41. The number of benzene rings is 2. The molecular weight excluding hydrogens is 392 g/mol. The fourth-order valence-corrected chi connectivity index (χ4v) is 3.45. The van der Waals surface area contributed by atoms with Gasteiger partial charge in [0, 0.05) is 17.0 Å². The summed E-state index contributed by atoms with van der Waals surface area (Å²) < 4.78 is 10.2. The molecule has 0 atom stereocenters. The summed E-state index contributed by atoms with van der Waals surface area (Å²) in [5, 5.41) is 5.19. The van der Waals surface area contributed by atoms with E-state index in [1.54, 1.807) is 53.9 Å². The molecule has 4 rings (SSSR count).